The van der Waals surface area contributed by atoms with E-state index in [2.05, 4.69) is 0 Å². The maximum absolute atomic E-state index is 9.76. The lowest BCUT2D eigenvalue weighted by atomic mass is 10.1. The van der Waals surface area contributed by atoms with Crippen molar-refractivity contribution in [2.75, 3.05) is 13.2 Å². The number of aliphatic hydroxyl groups is 5. The van der Waals surface area contributed by atoms with Crippen molar-refractivity contribution in [2.45, 2.75) is 25.2 Å². The topological polar surface area (TPSA) is 118 Å². The Bertz CT molecular complexity index is 118. The molecule has 0 aliphatic carbocycles. The van der Waals surface area contributed by atoms with E-state index in [1.165, 1.54) is 0 Å². The average Bonchev–Trinajstić information content (AvgIpc) is 2.15. The lowest BCUT2D eigenvalue weighted by Crippen LogP contribution is -2.40. The fourth-order valence-electron chi connectivity index (χ4n) is 0.416. The van der Waals surface area contributed by atoms with Crippen molar-refractivity contribution in [3.8, 4) is 0 Å². The van der Waals surface area contributed by atoms with E-state index in [4.69, 9.17) is 25.5 Å². The maximum Gasteiger partial charge on any atom is 0.151 e. The molecule has 0 saturated carbocycles. The summed E-state index contributed by atoms with van der Waals surface area (Å²) >= 11 is 0. The summed E-state index contributed by atoms with van der Waals surface area (Å²) in [6.07, 6.45) is -4.63. The van der Waals surface area contributed by atoms with Gasteiger partial charge < -0.3 is 30.3 Å². The Morgan fingerprint density at radius 2 is 1.62 bits per heavy atom. The van der Waals surface area contributed by atoms with Crippen molar-refractivity contribution in [1.29, 1.82) is 0 Å². The van der Waals surface area contributed by atoms with Gasteiger partial charge in [-0.05, 0) is 6.92 Å². The van der Waals surface area contributed by atoms with E-state index in [9.17, 15) is 4.79 Å². The standard InChI is InChI=1S/C5H10O5.C2H6O/c6-1-3(8)5(10)4(9)2-7;1-2-3/h1,3-5,7-10H,2H2;3H,2H2,1H3/t3-,4+,5-;/m0./s1. The average molecular weight is 196 g/mol. The minimum atomic E-state index is -1.64. The van der Waals surface area contributed by atoms with Gasteiger partial charge in [0.2, 0.25) is 0 Å². The molecule has 0 aliphatic rings. The monoisotopic (exact) mass is 196 g/mol. The Morgan fingerprint density at radius 3 is 1.85 bits per heavy atom. The van der Waals surface area contributed by atoms with Gasteiger partial charge in [-0.1, -0.05) is 0 Å². The maximum atomic E-state index is 9.76. The zero-order valence-corrected chi connectivity index (χ0v) is 7.37. The summed E-state index contributed by atoms with van der Waals surface area (Å²) in [5.41, 5.74) is 0. The molecule has 6 heteroatoms. The summed E-state index contributed by atoms with van der Waals surface area (Å²) in [7, 11) is 0. The Morgan fingerprint density at radius 1 is 1.23 bits per heavy atom. The summed E-state index contributed by atoms with van der Waals surface area (Å²) < 4.78 is 0. The first-order chi connectivity index (χ1) is 6.04. The van der Waals surface area contributed by atoms with Gasteiger partial charge in [0.15, 0.2) is 6.29 Å². The third-order valence-corrected chi connectivity index (χ3v) is 1.07. The van der Waals surface area contributed by atoms with Gasteiger partial charge in [-0.3, -0.25) is 0 Å². The van der Waals surface area contributed by atoms with Crippen molar-refractivity contribution in [3.63, 3.8) is 0 Å². The molecule has 0 heterocycles. The van der Waals surface area contributed by atoms with Crippen molar-refractivity contribution < 1.29 is 30.3 Å². The van der Waals surface area contributed by atoms with Crippen LogP contribution in [0.2, 0.25) is 0 Å². The molecule has 0 spiro atoms. The molecule has 0 unspecified atom stereocenters. The van der Waals surface area contributed by atoms with E-state index < -0.39 is 24.9 Å². The van der Waals surface area contributed by atoms with Gasteiger partial charge in [0.1, 0.15) is 18.3 Å². The second-order valence-corrected chi connectivity index (χ2v) is 2.18. The highest BCUT2D eigenvalue weighted by atomic mass is 16.4. The first-order valence-electron chi connectivity index (χ1n) is 3.76. The van der Waals surface area contributed by atoms with Gasteiger partial charge in [-0.15, -0.1) is 0 Å². The molecule has 0 saturated heterocycles. The van der Waals surface area contributed by atoms with Crippen LogP contribution >= 0.6 is 0 Å². The Hall–Kier alpha value is -0.530. The Balaban J connectivity index is 0. The number of hydrogen-bond donors (Lipinski definition) is 5. The molecular weight excluding hydrogens is 180 g/mol. The van der Waals surface area contributed by atoms with Crippen LogP contribution in [0.15, 0.2) is 0 Å². The molecule has 0 bridgehead atoms. The third-order valence-electron chi connectivity index (χ3n) is 1.07. The molecule has 13 heavy (non-hydrogen) atoms. The van der Waals surface area contributed by atoms with Crippen LogP contribution in [0.4, 0.5) is 0 Å². The molecule has 0 aromatic heterocycles. The smallest absolute Gasteiger partial charge is 0.151 e. The summed E-state index contributed by atoms with van der Waals surface area (Å²) in [5.74, 6) is 0. The number of rotatable bonds is 4. The lowest BCUT2D eigenvalue weighted by Gasteiger charge is -2.16. The number of carbonyl (C=O) groups is 1. The Labute approximate surface area is 76.1 Å². The number of aldehydes is 1. The summed E-state index contributed by atoms with van der Waals surface area (Å²) in [6, 6.07) is 0. The van der Waals surface area contributed by atoms with Crippen LogP contribution in [0.5, 0.6) is 0 Å². The largest absolute Gasteiger partial charge is 0.397 e. The van der Waals surface area contributed by atoms with Gasteiger partial charge in [-0.25, -0.2) is 0 Å². The third kappa shape index (κ3) is 7.82. The first-order valence-corrected chi connectivity index (χ1v) is 3.76. The molecule has 0 aliphatic heterocycles. The van der Waals surface area contributed by atoms with E-state index in [-0.39, 0.29) is 12.9 Å². The zero-order valence-electron chi connectivity index (χ0n) is 7.37. The van der Waals surface area contributed by atoms with Crippen molar-refractivity contribution in [2.24, 2.45) is 0 Å². The van der Waals surface area contributed by atoms with Crippen LogP contribution in [0.1, 0.15) is 6.92 Å². The number of carbonyl (C=O) groups excluding carboxylic acids is 1. The molecule has 0 fully saturated rings. The molecular formula is C7H16O6. The molecule has 0 rings (SSSR count). The predicted molar refractivity (Wildman–Crippen MR) is 43.9 cm³/mol. The van der Waals surface area contributed by atoms with Gasteiger partial charge >= 0.3 is 0 Å². The SMILES string of the molecule is CCO.O=C[C@H](O)[C@H](O)[C@H](O)CO. The fraction of sp³-hybridized carbons (Fsp3) is 0.857. The van der Waals surface area contributed by atoms with Crippen molar-refractivity contribution in [1.82, 2.24) is 0 Å². The van der Waals surface area contributed by atoms with E-state index in [1.54, 1.807) is 6.92 Å². The minimum Gasteiger partial charge on any atom is -0.397 e. The van der Waals surface area contributed by atoms with Crippen LogP contribution in [0.3, 0.4) is 0 Å². The number of aliphatic hydroxyl groups excluding tert-OH is 5. The first kappa shape index (κ1) is 15.0. The van der Waals surface area contributed by atoms with E-state index in [0.29, 0.717) is 0 Å². The fourth-order valence-corrected chi connectivity index (χ4v) is 0.416. The minimum absolute atomic E-state index is 0.0869. The normalized spacial score (nSPS) is 16.5. The quantitative estimate of drug-likeness (QED) is 0.311. The van der Waals surface area contributed by atoms with Crippen molar-refractivity contribution >= 4 is 6.29 Å². The van der Waals surface area contributed by atoms with Crippen LogP contribution in [-0.4, -0.2) is 63.3 Å². The van der Waals surface area contributed by atoms with Gasteiger partial charge in [0.05, 0.1) is 6.61 Å². The van der Waals surface area contributed by atoms with Crippen LogP contribution < -0.4 is 0 Å². The van der Waals surface area contributed by atoms with Crippen LogP contribution in [0.25, 0.3) is 0 Å². The highest BCUT2D eigenvalue weighted by molar-refractivity contribution is 5.56. The molecule has 5 N–H and O–H groups in total. The highest BCUT2D eigenvalue weighted by Crippen LogP contribution is 1.96. The van der Waals surface area contributed by atoms with Crippen LogP contribution in [0, 0.1) is 0 Å². The second kappa shape index (κ2) is 9.56. The molecule has 0 aromatic rings. The van der Waals surface area contributed by atoms with Gasteiger partial charge in [0.25, 0.3) is 0 Å². The van der Waals surface area contributed by atoms with E-state index in [0.717, 1.165) is 0 Å². The molecule has 80 valence electrons. The lowest BCUT2D eigenvalue weighted by molar-refractivity contribution is -0.127. The molecule has 0 amide bonds. The molecule has 0 aromatic carbocycles. The van der Waals surface area contributed by atoms with E-state index >= 15 is 0 Å². The number of hydrogen-bond acceptors (Lipinski definition) is 6. The van der Waals surface area contributed by atoms with Crippen molar-refractivity contribution in [3.05, 3.63) is 0 Å². The Kier molecular flexibility index (Phi) is 11.0. The summed E-state index contributed by atoms with van der Waals surface area (Å²) in [6.45, 7) is 1.24. The van der Waals surface area contributed by atoms with Gasteiger partial charge in [-0.2, -0.15) is 0 Å². The highest BCUT2D eigenvalue weighted by Gasteiger charge is 2.22. The predicted octanol–water partition coefficient (Wildman–Crippen LogP) is -2.74. The molecule has 6 nitrogen and oxygen atoms in total. The molecule has 0 radical (unpaired) electrons. The zero-order chi connectivity index (χ0) is 10.9. The summed E-state index contributed by atoms with van der Waals surface area (Å²) in [4.78, 5) is 9.76. The van der Waals surface area contributed by atoms with Crippen LogP contribution in [-0.2, 0) is 4.79 Å². The second-order valence-electron chi connectivity index (χ2n) is 2.18. The van der Waals surface area contributed by atoms with E-state index in [1.807, 2.05) is 0 Å². The summed E-state index contributed by atoms with van der Waals surface area (Å²) in [5, 5.41) is 41.6. The molecule has 3 atom stereocenters. The van der Waals surface area contributed by atoms with Gasteiger partial charge in [0, 0.05) is 6.61 Å².